The second-order valence-corrected chi connectivity index (χ2v) is 2.32. The van der Waals surface area contributed by atoms with E-state index < -0.39 is 12.4 Å². The van der Waals surface area contributed by atoms with E-state index in [-0.39, 0.29) is 5.56 Å². The molecule has 1 nitrogen and oxygen atoms in total. The van der Waals surface area contributed by atoms with Crippen LogP contribution in [0.3, 0.4) is 0 Å². The van der Waals surface area contributed by atoms with Gasteiger partial charge in [-0.2, -0.15) is 0 Å². The van der Waals surface area contributed by atoms with Crippen LogP contribution in [0.4, 0.5) is 4.39 Å². The maximum absolute atomic E-state index is 12.5. The van der Waals surface area contributed by atoms with E-state index in [2.05, 4.69) is 0 Å². The molecule has 0 unspecified atom stereocenters. The van der Waals surface area contributed by atoms with Crippen LogP contribution in [0.25, 0.3) is 0 Å². The van der Waals surface area contributed by atoms with Gasteiger partial charge in [0.15, 0.2) is 0 Å². The van der Waals surface area contributed by atoms with Gasteiger partial charge < -0.3 is 0 Å². The molecular formula is C7H5ClFO. The first-order valence-corrected chi connectivity index (χ1v) is 3.14. The number of rotatable bonds is 1. The Hall–Kier alpha value is -0.600. The topological polar surface area (TPSA) is 19.9 Å². The zero-order chi connectivity index (χ0) is 7.56. The molecule has 0 aromatic heterocycles. The van der Waals surface area contributed by atoms with Gasteiger partial charge in [0.2, 0.25) is 0 Å². The summed E-state index contributed by atoms with van der Waals surface area (Å²) < 4.78 is 12.5. The van der Waals surface area contributed by atoms with Crippen molar-refractivity contribution < 1.29 is 9.50 Å². The van der Waals surface area contributed by atoms with Gasteiger partial charge in [-0.25, -0.2) is 9.50 Å². The van der Waals surface area contributed by atoms with Crippen molar-refractivity contribution in [2.45, 2.75) is 6.61 Å². The van der Waals surface area contributed by atoms with Gasteiger partial charge in [0.05, 0.1) is 0 Å². The molecular weight excluding hydrogens is 155 g/mol. The molecule has 1 radical (unpaired) electrons. The minimum absolute atomic E-state index is 0.118. The standard InChI is InChI=1S/C7H5ClFO/c8-6-1-2-7(9)5(3-6)4-10/h1-3H,4H2. The lowest BCUT2D eigenvalue weighted by molar-refractivity contribution is 0.174. The van der Waals surface area contributed by atoms with Crippen LogP contribution >= 0.6 is 11.6 Å². The molecule has 0 saturated heterocycles. The molecule has 0 N–H and O–H groups in total. The molecule has 0 aliphatic carbocycles. The molecule has 0 aliphatic heterocycles. The Morgan fingerprint density at radius 1 is 1.50 bits per heavy atom. The van der Waals surface area contributed by atoms with Crippen molar-refractivity contribution in [1.82, 2.24) is 0 Å². The Balaban J connectivity index is 3.09. The van der Waals surface area contributed by atoms with Crippen LogP contribution in [-0.2, 0) is 11.7 Å². The lowest BCUT2D eigenvalue weighted by Crippen LogP contribution is -1.86. The zero-order valence-corrected chi connectivity index (χ0v) is 5.86. The lowest BCUT2D eigenvalue weighted by Gasteiger charge is -1.96. The van der Waals surface area contributed by atoms with Crippen LogP contribution in [0.2, 0.25) is 5.02 Å². The summed E-state index contributed by atoms with van der Waals surface area (Å²) in [5.41, 5.74) is 0.118. The molecule has 0 saturated carbocycles. The molecule has 1 rings (SSSR count). The smallest absolute Gasteiger partial charge is 0.128 e. The molecule has 0 spiro atoms. The Kier molecular flexibility index (Phi) is 2.25. The molecule has 53 valence electrons. The fraction of sp³-hybridized carbons (Fsp3) is 0.143. The van der Waals surface area contributed by atoms with Crippen molar-refractivity contribution in [2.24, 2.45) is 0 Å². The second-order valence-electron chi connectivity index (χ2n) is 1.88. The van der Waals surface area contributed by atoms with E-state index in [0.717, 1.165) is 0 Å². The minimum Gasteiger partial charge on any atom is -0.231 e. The third kappa shape index (κ3) is 1.46. The molecule has 10 heavy (non-hydrogen) atoms. The van der Waals surface area contributed by atoms with Gasteiger partial charge in [0, 0.05) is 10.6 Å². The van der Waals surface area contributed by atoms with Gasteiger partial charge >= 0.3 is 0 Å². The summed E-state index contributed by atoms with van der Waals surface area (Å²) in [4.78, 5) is 0. The molecule has 3 heteroatoms. The van der Waals surface area contributed by atoms with Crippen molar-refractivity contribution in [3.63, 3.8) is 0 Å². The monoisotopic (exact) mass is 159 g/mol. The van der Waals surface area contributed by atoms with Crippen molar-refractivity contribution in [2.75, 3.05) is 0 Å². The molecule has 1 aromatic carbocycles. The average molecular weight is 160 g/mol. The van der Waals surface area contributed by atoms with Crippen molar-refractivity contribution in [1.29, 1.82) is 0 Å². The predicted octanol–water partition coefficient (Wildman–Crippen LogP) is 2.41. The van der Waals surface area contributed by atoms with Crippen molar-refractivity contribution >= 4 is 11.6 Å². The summed E-state index contributed by atoms with van der Waals surface area (Å²) in [6.45, 7) is -0.563. The number of halogens is 2. The first-order valence-electron chi connectivity index (χ1n) is 2.76. The minimum atomic E-state index is -0.563. The van der Waals surface area contributed by atoms with Crippen LogP contribution in [0, 0.1) is 5.82 Å². The van der Waals surface area contributed by atoms with Gasteiger partial charge in [-0.3, -0.25) is 0 Å². The summed E-state index contributed by atoms with van der Waals surface area (Å²) in [6, 6.07) is 3.94. The van der Waals surface area contributed by atoms with E-state index in [1.807, 2.05) is 0 Å². The fourth-order valence-corrected chi connectivity index (χ4v) is 0.849. The van der Waals surface area contributed by atoms with E-state index in [9.17, 15) is 9.50 Å². The van der Waals surface area contributed by atoms with E-state index in [4.69, 9.17) is 11.6 Å². The van der Waals surface area contributed by atoms with Crippen LogP contribution < -0.4 is 0 Å². The first kappa shape index (κ1) is 7.51. The zero-order valence-electron chi connectivity index (χ0n) is 5.10. The highest BCUT2D eigenvalue weighted by Crippen LogP contribution is 2.14. The van der Waals surface area contributed by atoms with Crippen LogP contribution in [0.1, 0.15) is 5.56 Å². The Morgan fingerprint density at radius 2 is 2.20 bits per heavy atom. The third-order valence-corrected chi connectivity index (χ3v) is 1.40. The van der Waals surface area contributed by atoms with Gasteiger partial charge in [-0.1, -0.05) is 11.6 Å². The molecule has 1 aromatic rings. The summed E-state index contributed by atoms with van der Waals surface area (Å²) in [5.74, 6) is -0.487. The largest absolute Gasteiger partial charge is 0.231 e. The molecule has 0 aliphatic rings. The van der Waals surface area contributed by atoms with E-state index in [0.29, 0.717) is 5.02 Å². The Labute approximate surface area is 63.1 Å². The SMILES string of the molecule is [O]Cc1cc(Cl)ccc1F. The molecule has 0 heterocycles. The van der Waals surface area contributed by atoms with Crippen molar-refractivity contribution in [3.05, 3.63) is 34.6 Å². The summed E-state index contributed by atoms with van der Waals surface area (Å²) in [5, 5.41) is 10.6. The molecule has 0 amide bonds. The quantitative estimate of drug-likeness (QED) is 0.600. The maximum atomic E-state index is 12.5. The summed E-state index contributed by atoms with van der Waals surface area (Å²) in [6.07, 6.45) is 0. The predicted molar refractivity (Wildman–Crippen MR) is 35.8 cm³/mol. The van der Waals surface area contributed by atoms with Gasteiger partial charge in [-0.05, 0) is 18.2 Å². The number of hydrogen-bond donors (Lipinski definition) is 0. The summed E-state index contributed by atoms with van der Waals surface area (Å²) in [7, 11) is 0. The third-order valence-electron chi connectivity index (χ3n) is 1.16. The normalized spacial score (nSPS) is 9.90. The summed E-state index contributed by atoms with van der Waals surface area (Å²) >= 11 is 5.49. The molecule has 0 atom stereocenters. The van der Waals surface area contributed by atoms with Crippen LogP contribution in [0.5, 0.6) is 0 Å². The van der Waals surface area contributed by atoms with Gasteiger partial charge in [0.25, 0.3) is 0 Å². The van der Waals surface area contributed by atoms with Crippen molar-refractivity contribution in [3.8, 4) is 0 Å². The van der Waals surface area contributed by atoms with E-state index in [1.54, 1.807) is 0 Å². The highest BCUT2D eigenvalue weighted by Gasteiger charge is 2.00. The second kappa shape index (κ2) is 2.99. The maximum Gasteiger partial charge on any atom is 0.128 e. The van der Waals surface area contributed by atoms with Crippen LogP contribution in [-0.4, -0.2) is 0 Å². The highest BCUT2D eigenvalue weighted by atomic mass is 35.5. The first-order chi connectivity index (χ1) is 4.74. The number of benzene rings is 1. The number of hydrogen-bond acceptors (Lipinski definition) is 0. The van der Waals surface area contributed by atoms with Gasteiger partial charge in [-0.15, -0.1) is 0 Å². The van der Waals surface area contributed by atoms with Gasteiger partial charge in [0.1, 0.15) is 12.4 Å². The van der Waals surface area contributed by atoms with E-state index in [1.165, 1.54) is 18.2 Å². The lowest BCUT2D eigenvalue weighted by atomic mass is 10.2. The van der Waals surface area contributed by atoms with Crippen LogP contribution in [0.15, 0.2) is 18.2 Å². The fourth-order valence-electron chi connectivity index (χ4n) is 0.654. The molecule has 0 bridgehead atoms. The average Bonchev–Trinajstić information content (AvgIpc) is 1.94. The highest BCUT2D eigenvalue weighted by molar-refractivity contribution is 6.30. The Bertz CT molecular complexity index is 237. The Morgan fingerprint density at radius 3 is 2.70 bits per heavy atom. The van der Waals surface area contributed by atoms with E-state index >= 15 is 0 Å². The molecule has 0 fully saturated rings.